The molecule has 2 atom stereocenters. The van der Waals surface area contributed by atoms with Crippen molar-refractivity contribution in [3.05, 3.63) is 34.3 Å². The maximum Gasteiger partial charge on any atom is 0.320 e. The van der Waals surface area contributed by atoms with Crippen molar-refractivity contribution in [2.45, 2.75) is 31.3 Å². The minimum atomic E-state index is 0.0264. The van der Waals surface area contributed by atoms with Crippen LogP contribution in [0, 0.1) is 5.92 Å². The summed E-state index contributed by atoms with van der Waals surface area (Å²) in [5.74, 6) is 0.320. The number of carbonyl (C=O) groups is 2. The van der Waals surface area contributed by atoms with Crippen molar-refractivity contribution < 1.29 is 14.3 Å². The first-order chi connectivity index (χ1) is 11.9. The molecule has 25 heavy (non-hydrogen) atoms. The fraction of sp³-hybridized carbons (Fsp3) is 0.579. The molecule has 6 heteroatoms. The summed E-state index contributed by atoms with van der Waals surface area (Å²) in [5.41, 5.74) is 1.29. The molecule has 0 bridgehead atoms. The molecule has 0 saturated carbocycles. The molecule has 3 saturated heterocycles. The van der Waals surface area contributed by atoms with Crippen molar-refractivity contribution in [2.24, 2.45) is 5.92 Å². The Balaban J connectivity index is 1.37. The van der Waals surface area contributed by atoms with Crippen molar-refractivity contribution in [3.63, 3.8) is 0 Å². The number of benzene rings is 1. The summed E-state index contributed by atoms with van der Waals surface area (Å²) >= 11 is 3.47. The first kappa shape index (κ1) is 17.0. The molecule has 0 aliphatic carbocycles. The third-order valence-electron chi connectivity index (χ3n) is 5.77. The SMILES string of the molecule is CC1(c2ccc(Br)cc2)CN(C(=O)N2CC[C@@H]3OCC(=O)C[C@@H]3C2)C1. The fourth-order valence-electron chi connectivity index (χ4n) is 4.32. The van der Waals surface area contributed by atoms with E-state index in [1.165, 1.54) is 5.56 Å². The molecule has 134 valence electrons. The molecule has 5 nitrogen and oxygen atoms in total. The Hall–Kier alpha value is -1.40. The Bertz CT molecular complexity index is 684. The third kappa shape index (κ3) is 3.22. The second kappa shape index (κ2) is 6.40. The van der Waals surface area contributed by atoms with Crippen molar-refractivity contribution in [1.29, 1.82) is 0 Å². The first-order valence-electron chi connectivity index (χ1n) is 8.88. The number of fused-ring (bicyclic) bond motifs is 1. The van der Waals surface area contributed by atoms with Crippen LogP contribution in [0.4, 0.5) is 4.79 Å². The zero-order valence-corrected chi connectivity index (χ0v) is 16.0. The van der Waals surface area contributed by atoms with E-state index in [0.29, 0.717) is 13.0 Å². The van der Waals surface area contributed by atoms with Crippen LogP contribution in [0.1, 0.15) is 25.3 Å². The summed E-state index contributed by atoms with van der Waals surface area (Å²) in [6.45, 7) is 5.30. The molecule has 2 amide bonds. The van der Waals surface area contributed by atoms with Crippen LogP contribution in [0.2, 0.25) is 0 Å². The lowest BCUT2D eigenvalue weighted by molar-refractivity contribution is -0.140. The lowest BCUT2D eigenvalue weighted by Crippen LogP contribution is -2.64. The highest BCUT2D eigenvalue weighted by Gasteiger charge is 2.45. The number of rotatable bonds is 1. The van der Waals surface area contributed by atoms with E-state index in [4.69, 9.17) is 4.74 Å². The van der Waals surface area contributed by atoms with Gasteiger partial charge in [0.05, 0.1) is 6.10 Å². The molecule has 0 aromatic heterocycles. The van der Waals surface area contributed by atoms with E-state index < -0.39 is 0 Å². The molecule has 0 spiro atoms. The Kier molecular flexibility index (Phi) is 4.36. The molecule has 0 radical (unpaired) electrons. The molecule has 4 rings (SSSR count). The quantitative estimate of drug-likeness (QED) is 0.720. The largest absolute Gasteiger partial charge is 0.370 e. The topological polar surface area (TPSA) is 49.9 Å². The van der Waals surface area contributed by atoms with Crippen molar-refractivity contribution in [3.8, 4) is 0 Å². The van der Waals surface area contributed by atoms with Gasteiger partial charge < -0.3 is 14.5 Å². The Morgan fingerprint density at radius 1 is 1.24 bits per heavy atom. The van der Waals surface area contributed by atoms with E-state index in [1.807, 2.05) is 9.80 Å². The average Bonchev–Trinajstić information content (AvgIpc) is 2.58. The molecule has 3 aliphatic heterocycles. The smallest absolute Gasteiger partial charge is 0.320 e. The van der Waals surface area contributed by atoms with Crippen LogP contribution >= 0.6 is 15.9 Å². The van der Waals surface area contributed by atoms with E-state index >= 15 is 0 Å². The molecule has 1 aromatic carbocycles. The van der Waals surface area contributed by atoms with Gasteiger partial charge in [0, 0.05) is 48.4 Å². The summed E-state index contributed by atoms with van der Waals surface area (Å²) in [6, 6.07) is 8.46. The number of amides is 2. The number of ketones is 1. The molecule has 1 aromatic rings. The van der Waals surface area contributed by atoms with E-state index in [9.17, 15) is 9.59 Å². The highest BCUT2D eigenvalue weighted by atomic mass is 79.9. The number of piperidine rings is 1. The maximum absolute atomic E-state index is 12.8. The van der Waals surface area contributed by atoms with E-state index in [1.54, 1.807) is 0 Å². The number of ether oxygens (including phenoxy) is 1. The molecular weight excluding hydrogens is 384 g/mol. The van der Waals surface area contributed by atoms with Crippen LogP contribution in [-0.2, 0) is 14.9 Å². The lowest BCUT2D eigenvalue weighted by Gasteiger charge is -2.51. The monoisotopic (exact) mass is 406 g/mol. The summed E-state index contributed by atoms with van der Waals surface area (Å²) in [4.78, 5) is 28.3. The highest BCUT2D eigenvalue weighted by Crippen LogP contribution is 2.36. The van der Waals surface area contributed by atoms with Crippen molar-refractivity contribution in [1.82, 2.24) is 9.80 Å². The van der Waals surface area contributed by atoms with Crippen LogP contribution < -0.4 is 0 Å². The van der Waals surface area contributed by atoms with Crippen LogP contribution in [0.25, 0.3) is 0 Å². The predicted molar refractivity (Wildman–Crippen MR) is 97.5 cm³/mol. The van der Waals surface area contributed by atoms with Crippen LogP contribution in [0.5, 0.6) is 0 Å². The van der Waals surface area contributed by atoms with Crippen molar-refractivity contribution >= 4 is 27.7 Å². The maximum atomic E-state index is 12.8. The zero-order valence-electron chi connectivity index (χ0n) is 14.4. The first-order valence-corrected chi connectivity index (χ1v) is 9.67. The predicted octanol–water partition coefficient (Wildman–Crippen LogP) is 2.82. The van der Waals surface area contributed by atoms with Gasteiger partial charge in [0.2, 0.25) is 0 Å². The van der Waals surface area contributed by atoms with Gasteiger partial charge in [-0.15, -0.1) is 0 Å². The number of urea groups is 1. The third-order valence-corrected chi connectivity index (χ3v) is 6.30. The van der Waals surface area contributed by atoms with Gasteiger partial charge in [-0.3, -0.25) is 4.79 Å². The van der Waals surface area contributed by atoms with Crippen molar-refractivity contribution in [2.75, 3.05) is 32.8 Å². The molecule has 3 fully saturated rings. The van der Waals surface area contributed by atoms with Crippen LogP contribution in [-0.4, -0.2) is 60.5 Å². The highest BCUT2D eigenvalue weighted by molar-refractivity contribution is 9.10. The van der Waals surface area contributed by atoms with Gasteiger partial charge in [0.15, 0.2) is 5.78 Å². The average molecular weight is 407 g/mol. The normalized spacial score (nSPS) is 28.3. The standard InChI is InChI=1S/C19H23BrN2O3/c1-19(14-2-4-15(20)5-3-14)11-22(12-19)18(24)21-7-6-17-13(9-21)8-16(23)10-25-17/h2-5,13,17H,6-12H2,1H3/t13-,17+/m1/s1. The molecular formula is C19H23BrN2O3. The van der Waals surface area contributed by atoms with E-state index in [0.717, 1.165) is 30.5 Å². The van der Waals surface area contributed by atoms with Gasteiger partial charge in [-0.05, 0) is 24.1 Å². The number of Topliss-reactive ketones (excluding diaryl/α,β-unsaturated/α-hetero) is 1. The van der Waals surface area contributed by atoms with E-state index in [-0.39, 0.29) is 35.9 Å². The van der Waals surface area contributed by atoms with Gasteiger partial charge in [0.25, 0.3) is 0 Å². The minimum absolute atomic E-state index is 0.0264. The van der Waals surface area contributed by atoms with Gasteiger partial charge in [-0.2, -0.15) is 0 Å². The summed E-state index contributed by atoms with van der Waals surface area (Å²) in [7, 11) is 0. The zero-order chi connectivity index (χ0) is 17.6. The second-order valence-electron chi connectivity index (χ2n) is 7.79. The van der Waals surface area contributed by atoms with Gasteiger partial charge in [-0.1, -0.05) is 35.0 Å². The number of carbonyl (C=O) groups excluding carboxylic acids is 2. The Morgan fingerprint density at radius 3 is 2.68 bits per heavy atom. The molecule has 3 aliphatic rings. The number of nitrogens with zero attached hydrogens (tertiary/aromatic N) is 2. The number of halogens is 1. The lowest BCUT2D eigenvalue weighted by atomic mass is 9.75. The second-order valence-corrected chi connectivity index (χ2v) is 8.71. The minimum Gasteiger partial charge on any atom is -0.370 e. The Labute approximate surface area is 156 Å². The summed E-state index contributed by atoms with van der Waals surface area (Å²) in [6.07, 6.45) is 1.53. The van der Waals surface area contributed by atoms with Crippen LogP contribution in [0.3, 0.4) is 0 Å². The van der Waals surface area contributed by atoms with E-state index in [2.05, 4.69) is 47.1 Å². The van der Waals surface area contributed by atoms with Gasteiger partial charge >= 0.3 is 6.03 Å². The fourth-order valence-corrected chi connectivity index (χ4v) is 4.58. The molecule has 3 heterocycles. The molecule has 0 N–H and O–H groups in total. The Morgan fingerprint density at radius 2 is 1.96 bits per heavy atom. The number of hydrogen-bond donors (Lipinski definition) is 0. The van der Waals surface area contributed by atoms with Gasteiger partial charge in [0.1, 0.15) is 6.61 Å². The summed E-state index contributed by atoms with van der Waals surface area (Å²) < 4.78 is 6.69. The number of likely N-dealkylation sites (tertiary alicyclic amines) is 2. The molecule has 0 unspecified atom stereocenters. The number of hydrogen-bond acceptors (Lipinski definition) is 3. The van der Waals surface area contributed by atoms with Gasteiger partial charge in [-0.25, -0.2) is 4.79 Å². The van der Waals surface area contributed by atoms with Crippen LogP contribution in [0.15, 0.2) is 28.7 Å². The summed E-state index contributed by atoms with van der Waals surface area (Å²) in [5, 5.41) is 0.